The maximum Gasteiger partial charge on any atom is 0.311 e. The Kier molecular flexibility index (Phi) is 4.18. The Labute approximate surface area is 141 Å². The smallest absolute Gasteiger partial charge is 0.311 e. The van der Waals surface area contributed by atoms with Crippen molar-refractivity contribution in [2.75, 3.05) is 6.54 Å². The molecule has 1 heterocycles. The molecule has 1 aliphatic carbocycles. The Balaban J connectivity index is 1.73. The third kappa shape index (κ3) is 3.07. The average Bonchev–Trinajstić information content (AvgIpc) is 3.32. The third-order valence-electron chi connectivity index (χ3n) is 4.90. The number of nitrogens with one attached hydrogen (secondary N) is 1. The predicted molar refractivity (Wildman–Crippen MR) is 91.1 cm³/mol. The van der Waals surface area contributed by atoms with E-state index in [9.17, 15) is 14.7 Å². The molecule has 5 nitrogen and oxygen atoms in total. The number of rotatable bonds is 6. The highest BCUT2D eigenvalue weighted by Gasteiger charge is 2.50. The van der Waals surface area contributed by atoms with E-state index in [0.29, 0.717) is 24.9 Å². The van der Waals surface area contributed by atoms with Gasteiger partial charge in [-0.05, 0) is 38.3 Å². The molecule has 24 heavy (non-hydrogen) atoms. The number of hydrogen-bond donors (Lipinski definition) is 2. The lowest BCUT2D eigenvalue weighted by atomic mass is 10.1. The van der Waals surface area contributed by atoms with Crippen LogP contribution in [0.5, 0.6) is 0 Å². The Hall–Kier alpha value is -2.56. The summed E-state index contributed by atoms with van der Waals surface area (Å²) in [4.78, 5) is 23.7. The molecule has 1 aromatic heterocycles. The van der Waals surface area contributed by atoms with Crippen LogP contribution in [0.25, 0.3) is 0 Å². The monoisotopic (exact) mass is 326 g/mol. The first-order chi connectivity index (χ1) is 11.4. The van der Waals surface area contributed by atoms with Gasteiger partial charge in [0.25, 0.3) is 5.91 Å². The van der Waals surface area contributed by atoms with Crippen LogP contribution >= 0.6 is 0 Å². The van der Waals surface area contributed by atoms with Gasteiger partial charge in [0.1, 0.15) is 0 Å². The van der Waals surface area contributed by atoms with E-state index in [0.717, 1.165) is 11.4 Å². The highest BCUT2D eigenvalue weighted by atomic mass is 16.4. The van der Waals surface area contributed by atoms with Crippen molar-refractivity contribution in [3.05, 3.63) is 58.9 Å². The van der Waals surface area contributed by atoms with Gasteiger partial charge in [-0.3, -0.25) is 9.59 Å². The fourth-order valence-corrected chi connectivity index (χ4v) is 3.00. The van der Waals surface area contributed by atoms with Gasteiger partial charge in [-0.1, -0.05) is 30.3 Å². The Morgan fingerprint density at radius 2 is 1.88 bits per heavy atom. The van der Waals surface area contributed by atoms with Crippen LogP contribution in [-0.2, 0) is 11.3 Å². The summed E-state index contributed by atoms with van der Waals surface area (Å²) in [5.41, 5.74) is 2.96. The van der Waals surface area contributed by atoms with Crippen molar-refractivity contribution in [1.29, 1.82) is 0 Å². The number of hydrogen-bond acceptors (Lipinski definition) is 2. The molecule has 0 unspecified atom stereocenters. The van der Waals surface area contributed by atoms with Crippen molar-refractivity contribution < 1.29 is 14.7 Å². The highest BCUT2D eigenvalue weighted by molar-refractivity contribution is 5.96. The first-order valence-electron chi connectivity index (χ1n) is 8.15. The van der Waals surface area contributed by atoms with E-state index in [-0.39, 0.29) is 12.5 Å². The van der Waals surface area contributed by atoms with Crippen LogP contribution in [0.15, 0.2) is 36.4 Å². The second-order valence-corrected chi connectivity index (χ2v) is 6.62. The molecule has 2 aromatic rings. The van der Waals surface area contributed by atoms with Gasteiger partial charge in [0.05, 0.1) is 11.0 Å². The number of carbonyl (C=O) groups excluding carboxylic acids is 1. The fourth-order valence-electron chi connectivity index (χ4n) is 3.00. The zero-order chi connectivity index (χ0) is 17.3. The first kappa shape index (κ1) is 16.3. The lowest BCUT2D eigenvalue weighted by Gasteiger charge is -2.12. The van der Waals surface area contributed by atoms with Crippen molar-refractivity contribution in [1.82, 2.24) is 9.88 Å². The van der Waals surface area contributed by atoms with Crippen molar-refractivity contribution in [2.24, 2.45) is 5.41 Å². The van der Waals surface area contributed by atoms with Crippen LogP contribution in [0.2, 0.25) is 0 Å². The molecule has 126 valence electrons. The summed E-state index contributed by atoms with van der Waals surface area (Å²) in [6, 6.07) is 12.0. The summed E-state index contributed by atoms with van der Waals surface area (Å²) < 4.78 is 2.11. The number of nitrogens with zero attached hydrogens (tertiary/aromatic N) is 1. The summed E-state index contributed by atoms with van der Waals surface area (Å²) in [5.74, 6) is -1.02. The standard InChI is InChI=1S/C19H22N2O3/c1-13-10-16(17(22)20-12-19(8-9-19)18(23)24)14(2)21(13)11-15-6-4-3-5-7-15/h3-7,10H,8-9,11-12H2,1-2H3,(H,20,22)(H,23,24). The Bertz CT molecular complexity index is 773. The number of amides is 1. The number of aryl methyl sites for hydroxylation is 1. The minimum absolute atomic E-state index is 0.198. The van der Waals surface area contributed by atoms with Crippen molar-refractivity contribution in [3.8, 4) is 0 Å². The normalized spacial score (nSPS) is 15.1. The van der Waals surface area contributed by atoms with E-state index in [2.05, 4.69) is 22.0 Å². The summed E-state index contributed by atoms with van der Waals surface area (Å²) in [6.07, 6.45) is 1.27. The molecule has 0 bridgehead atoms. The van der Waals surface area contributed by atoms with Crippen molar-refractivity contribution >= 4 is 11.9 Å². The minimum Gasteiger partial charge on any atom is -0.481 e. The quantitative estimate of drug-likeness (QED) is 0.857. The molecular formula is C19H22N2O3. The summed E-state index contributed by atoms with van der Waals surface area (Å²) >= 11 is 0. The molecule has 0 atom stereocenters. The molecule has 0 radical (unpaired) electrons. The van der Waals surface area contributed by atoms with Gasteiger partial charge in [-0.15, -0.1) is 0 Å². The molecule has 5 heteroatoms. The number of carbonyl (C=O) groups is 2. The zero-order valence-electron chi connectivity index (χ0n) is 14.0. The highest BCUT2D eigenvalue weighted by Crippen LogP contribution is 2.45. The number of carboxylic acid groups (broad SMARTS) is 1. The first-order valence-corrected chi connectivity index (χ1v) is 8.15. The number of aliphatic carboxylic acids is 1. The van der Waals surface area contributed by atoms with Gasteiger partial charge in [0, 0.05) is 24.5 Å². The van der Waals surface area contributed by atoms with Crippen LogP contribution in [0, 0.1) is 19.3 Å². The van der Waals surface area contributed by atoms with Gasteiger partial charge >= 0.3 is 5.97 Å². The van der Waals surface area contributed by atoms with Crippen LogP contribution in [0.1, 0.15) is 40.2 Å². The molecule has 0 aliphatic heterocycles. The molecule has 0 spiro atoms. The van der Waals surface area contributed by atoms with Gasteiger partial charge in [-0.25, -0.2) is 0 Å². The predicted octanol–water partition coefficient (Wildman–Crippen LogP) is 2.75. The SMILES string of the molecule is Cc1cc(C(=O)NCC2(C(=O)O)CC2)c(C)n1Cc1ccccc1. The zero-order valence-corrected chi connectivity index (χ0v) is 14.0. The molecule has 1 saturated carbocycles. The lowest BCUT2D eigenvalue weighted by molar-refractivity contribution is -0.143. The van der Waals surface area contributed by atoms with E-state index in [1.54, 1.807) is 0 Å². The summed E-state index contributed by atoms with van der Waals surface area (Å²) in [5, 5.41) is 12.0. The van der Waals surface area contributed by atoms with Gasteiger partial charge in [-0.2, -0.15) is 0 Å². The molecule has 0 saturated heterocycles. The third-order valence-corrected chi connectivity index (χ3v) is 4.90. The van der Waals surface area contributed by atoms with E-state index in [1.165, 1.54) is 5.56 Å². The van der Waals surface area contributed by atoms with E-state index in [4.69, 9.17) is 0 Å². The second kappa shape index (κ2) is 6.15. The van der Waals surface area contributed by atoms with Crippen LogP contribution < -0.4 is 5.32 Å². The summed E-state index contributed by atoms with van der Waals surface area (Å²) in [7, 11) is 0. The average molecular weight is 326 g/mol. The van der Waals surface area contributed by atoms with Gasteiger partial charge in [0.2, 0.25) is 0 Å². The maximum atomic E-state index is 12.5. The molecule has 3 rings (SSSR count). The van der Waals surface area contributed by atoms with Gasteiger partial charge in [0.15, 0.2) is 0 Å². The van der Waals surface area contributed by atoms with Gasteiger partial charge < -0.3 is 15.0 Å². The molecule has 1 aliphatic rings. The van der Waals surface area contributed by atoms with Crippen molar-refractivity contribution in [2.45, 2.75) is 33.2 Å². The van der Waals surface area contributed by atoms with Crippen molar-refractivity contribution in [3.63, 3.8) is 0 Å². The van der Waals surface area contributed by atoms with E-state index < -0.39 is 11.4 Å². The number of aromatic nitrogens is 1. The molecule has 2 N–H and O–H groups in total. The van der Waals surface area contributed by atoms with Crippen LogP contribution in [0.4, 0.5) is 0 Å². The second-order valence-electron chi connectivity index (χ2n) is 6.62. The topological polar surface area (TPSA) is 71.3 Å². The van der Waals surface area contributed by atoms with Crippen LogP contribution in [-0.4, -0.2) is 28.1 Å². The largest absolute Gasteiger partial charge is 0.481 e. The maximum absolute atomic E-state index is 12.5. The molecular weight excluding hydrogens is 304 g/mol. The Morgan fingerprint density at radius 1 is 1.21 bits per heavy atom. The molecule has 1 amide bonds. The van der Waals surface area contributed by atoms with E-state index >= 15 is 0 Å². The lowest BCUT2D eigenvalue weighted by Crippen LogP contribution is -2.34. The minimum atomic E-state index is -0.822. The Morgan fingerprint density at radius 3 is 2.46 bits per heavy atom. The fraction of sp³-hybridized carbons (Fsp3) is 0.368. The summed E-state index contributed by atoms with van der Waals surface area (Å²) in [6.45, 7) is 4.82. The van der Waals surface area contributed by atoms with Crippen LogP contribution in [0.3, 0.4) is 0 Å². The molecule has 1 aromatic carbocycles. The molecule has 1 fully saturated rings. The van der Waals surface area contributed by atoms with E-state index in [1.807, 2.05) is 38.1 Å². The number of benzene rings is 1. The number of carboxylic acids is 1.